The van der Waals surface area contributed by atoms with Crippen LogP contribution in [0.3, 0.4) is 0 Å². The highest BCUT2D eigenvalue weighted by molar-refractivity contribution is 5.68. The lowest BCUT2D eigenvalue weighted by Gasteiger charge is -2.35. The molecule has 1 aliphatic carbocycles. The molecule has 0 saturated heterocycles. The summed E-state index contributed by atoms with van der Waals surface area (Å²) in [4.78, 5) is 24.2. The summed E-state index contributed by atoms with van der Waals surface area (Å²) in [5.41, 5.74) is -0.480. The van der Waals surface area contributed by atoms with Gasteiger partial charge in [-0.15, -0.1) is 0 Å². The summed E-state index contributed by atoms with van der Waals surface area (Å²) in [7, 11) is 1.76. The van der Waals surface area contributed by atoms with Crippen LogP contribution in [-0.2, 0) is 9.53 Å². The van der Waals surface area contributed by atoms with E-state index >= 15 is 0 Å². The third-order valence-corrected chi connectivity index (χ3v) is 3.51. The first kappa shape index (κ1) is 15.8. The van der Waals surface area contributed by atoms with Gasteiger partial charge in [-0.2, -0.15) is 0 Å². The molecule has 0 bridgehead atoms. The van der Waals surface area contributed by atoms with E-state index in [-0.39, 0.29) is 24.5 Å². The molecule has 1 saturated carbocycles. The van der Waals surface area contributed by atoms with Crippen LogP contribution >= 0.6 is 0 Å². The monoisotopic (exact) mass is 271 g/mol. The second-order valence-corrected chi connectivity index (χ2v) is 6.36. The molecular weight excluding hydrogens is 246 g/mol. The first-order valence-corrected chi connectivity index (χ1v) is 6.86. The largest absolute Gasteiger partial charge is 0.481 e. The van der Waals surface area contributed by atoms with Crippen molar-refractivity contribution in [2.45, 2.75) is 64.5 Å². The number of ether oxygens (including phenoxy) is 1. The number of hydrogen-bond donors (Lipinski definition) is 1. The summed E-state index contributed by atoms with van der Waals surface area (Å²) in [5, 5.41) is 8.77. The van der Waals surface area contributed by atoms with Crippen molar-refractivity contribution in [1.29, 1.82) is 0 Å². The molecule has 0 aromatic rings. The fourth-order valence-corrected chi connectivity index (χ4v) is 2.47. The minimum atomic E-state index is -0.732. The van der Waals surface area contributed by atoms with Gasteiger partial charge < -0.3 is 14.7 Å². The number of amides is 1. The number of carbonyl (C=O) groups excluding carboxylic acids is 1. The minimum absolute atomic E-state index is 0.167. The molecule has 1 rings (SSSR count). The molecule has 0 spiro atoms. The van der Waals surface area contributed by atoms with Crippen LogP contribution < -0.4 is 0 Å². The summed E-state index contributed by atoms with van der Waals surface area (Å²) < 4.78 is 5.34. The Hall–Kier alpha value is -1.26. The van der Waals surface area contributed by atoms with Crippen molar-refractivity contribution in [3.8, 4) is 0 Å². The van der Waals surface area contributed by atoms with Crippen LogP contribution in [0.5, 0.6) is 0 Å². The molecule has 5 heteroatoms. The predicted octanol–water partition coefficient (Wildman–Crippen LogP) is 2.89. The molecule has 110 valence electrons. The summed E-state index contributed by atoms with van der Waals surface area (Å²) in [6, 6.07) is 0.167. The average Bonchev–Trinajstić information content (AvgIpc) is 2.26. The van der Waals surface area contributed by atoms with E-state index in [0.29, 0.717) is 0 Å². The van der Waals surface area contributed by atoms with Crippen LogP contribution in [0.1, 0.15) is 52.9 Å². The Kier molecular flexibility index (Phi) is 5.20. The number of hydrogen-bond acceptors (Lipinski definition) is 3. The zero-order valence-corrected chi connectivity index (χ0v) is 12.3. The number of carboxylic acid groups (broad SMARTS) is 1. The van der Waals surface area contributed by atoms with Crippen molar-refractivity contribution in [2.24, 2.45) is 5.92 Å². The van der Waals surface area contributed by atoms with E-state index in [9.17, 15) is 9.59 Å². The Labute approximate surface area is 114 Å². The molecule has 0 aliphatic heterocycles. The van der Waals surface area contributed by atoms with Gasteiger partial charge in [0.15, 0.2) is 0 Å². The van der Waals surface area contributed by atoms with Crippen molar-refractivity contribution >= 4 is 12.1 Å². The second-order valence-electron chi connectivity index (χ2n) is 6.36. The first-order valence-electron chi connectivity index (χ1n) is 6.86. The van der Waals surface area contributed by atoms with Gasteiger partial charge in [0, 0.05) is 19.5 Å². The topological polar surface area (TPSA) is 66.8 Å². The second kappa shape index (κ2) is 6.26. The summed E-state index contributed by atoms with van der Waals surface area (Å²) in [6.07, 6.45) is 3.38. The molecule has 5 nitrogen and oxygen atoms in total. The van der Waals surface area contributed by atoms with Crippen molar-refractivity contribution in [2.75, 3.05) is 7.05 Å². The highest BCUT2D eigenvalue weighted by Crippen LogP contribution is 2.29. The quantitative estimate of drug-likeness (QED) is 0.857. The Balaban J connectivity index is 2.42. The van der Waals surface area contributed by atoms with Crippen LogP contribution in [0, 0.1) is 5.92 Å². The summed E-state index contributed by atoms with van der Waals surface area (Å²) >= 11 is 0. The maximum absolute atomic E-state index is 11.9. The molecule has 0 aromatic carbocycles. The maximum Gasteiger partial charge on any atom is 0.410 e. The van der Waals surface area contributed by atoms with Gasteiger partial charge in [-0.1, -0.05) is 0 Å². The van der Waals surface area contributed by atoms with E-state index in [2.05, 4.69) is 0 Å². The van der Waals surface area contributed by atoms with Gasteiger partial charge in [-0.3, -0.25) is 4.79 Å². The average molecular weight is 271 g/mol. The molecule has 0 atom stereocenters. The Morgan fingerprint density at radius 2 is 1.74 bits per heavy atom. The molecule has 0 aromatic heterocycles. The van der Waals surface area contributed by atoms with Crippen LogP contribution in [-0.4, -0.2) is 40.8 Å². The molecule has 1 amide bonds. The minimum Gasteiger partial charge on any atom is -0.481 e. The van der Waals surface area contributed by atoms with Crippen molar-refractivity contribution in [1.82, 2.24) is 4.90 Å². The van der Waals surface area contributed by atoms with Gasteiger partial charge in [0.1, 0.15) is 5.60 Å². The number of aliphatic carboxylic acids is 1. The number of nitrogens with zero attached hydrogens (tertiary/aromatic N) is 1. The smallest absolute Gasteiger partial charge is 0.410 e. The van der Waals surface area contributed by atoms with E-state index < -0.39 is 11.6 Å². The molecule has 0 radical (unpaired) electrons. The fourth-order valence-electron chi connectivity index (χ4n) is 2.47. The first-order chi connectivity index (χ1) is 8.69. The normalized spacial score (nSPS) is 23.8. The van der Waals surface area contributed by atoms with Gasteiger partial charge in [-0.25, -0.2) is 4.79 Å². The highest BCUT2D eigenvalue weighted by Gasteiger charge is 2.29. The van der Waals surface area contributed by atoms with Crippen LogP contribution in [0.25, 0.3) is 0 Å². The number of carbonyl (C=O) groups is 2. The van der Waals surface area contributed by atoms with Crippen LogP contribution in [0.4, 0.5) is 4.79 Å². The molecule has 1 aliphatic rings. The lowest BCUT2D eigenvalue weighted by atomic mass is 9.84. The van der Waals surface area contributed by atoms with Crippen molar-refractivity contribution in [3.05, 3.63) is 0 Å². The fraction of sp³-hybridized carbons (Fsp3) is 0.857. The SMILES string of the molecule is CN(C(=O)OC(C)(C)C)C1CCC(CC(=O)O)CC1. The standard InChI is InChI=1S/C14H25NO4/c1-14(2,3)19-13(18)15(4)11-7-5-10(6-8-11)9-12(16)17/h10-11H,5-9H2,1-4H3,(H,16,17). The van der Waals surface area contributed by atoms with Crippen molar-refractivity contribution < 1.29 is 19.4 Å². The van der Waals surface area contributed by atoms with Crippen LogP contribution in [0.2, 0.25) is 0 Å². The summed E-state index contributed by atoms with van der Waals surface area (Å²) in [5.74, 6) is -0.482. The third kappa shape index (κ3) is 5.49. The van der Waals surface area contributed by atoms with Gasteiger partial charge in [0.2, 0.25) is 0 Å². The van der Waals surface area contributed by atoms with E-state index in [1.165, 1.54) is 0 Å². The molecular formula is C14H25NO4. The Bertz CT molecular complexity index is 327. The lowest BCUT2D eigenvalue weighted by molar-refractivity contribution is -0.138. The van der Waals surface area contributed by atoms with Crippen LogP contribution in [0.15, 0.2) is 0 Å². The van der Waals surface area contributed by atoms with E-state index in [1.807, 2.05) is 20.8 Å². The highest BCUT2D eigenvalue weighted by atomic mass is 16.6. The number of carboxylic acids is 1. The van der Waals surface area contributed by atoms with E-state index in [4.69, 9.17) is 9.84 Å². The van der Waals surface area contributed by atoms with Gasteiger partial charge in [0.05, 0.1) is 0 Å². The molecule has 0 unspecified atom stereocenters. The zero-order valence-electron chi connectivity index (χ0n) is 12.3. The Morgan fingerprint density at radius 3 is 2.16 bits per heavy atom. The molecule has 19 heavy (non-hydrogen) atoms. The predicted molar refractivity (Wildman–Crippen MR) is 72.0 cm³/mol. The van der Waals surface area contributed by atoms with Crippen molar-refractivity contribution in [3.63, 3.8) is 0 Å². The Morgan fingerprint density at radius 1 is 1.21 bits per heavy atom. The number of rotatable bonds is 3. The molecule has 0 heterocycles. The maximum atomic E-state index is 11.9. The van der Waals surface area contributed by atoms with Gasteiger partial charge in [-0.05, 0) is 52.4 Å². The third-order valence-electron chi connectivity index (χ3n) is 3.51. The molecule has 1 fully saturated rings. The molecule has 1 N–H and O–H groups in total. The summed E-state index contributed by atoms with van der Waals surface area (Å²) in [6.45, 7) is 5.55. The zero-order chi connectivity index (χ0) is 14.6. The lowest BCUT2D eigenvalue weighted by Crippen LogP contribution is -2.42. The van der Waals surface area contributed by atoms with E-state index in [0.717, 1.165) is 25.7 Å². The van der Waals surface area contributed by atoms with E-state index in [1.54, 1.807) is 11.9 Å². The van der Waals surface area contributed by atoms with Gasteiger partial charge >= 0.3 is 12.1 Å². The van der Waals surface area contributed by atoms with Gasteiger partial charge in [0.25, 0.3) is 0 Å².